The fraction of sp³-hybridized carbons (Fsp3) is 0.200. The molecule has 0 saturated heterocycles. The van der Waals surface area contributed by atoms with Crippen molar-refractivity contribution in [2.75, 3.05) is 12.4 Å². The first-order valence-corrected chi connectivity index (χ1v) is 6.00. The number of rotatable bonds is 4. The molecule has 96 valence electrons. The van der Waals surface area contributed by atoms with Crippen LogP contribution in [-0.4, -0.2) is 12.1 Å². The van der Waals surface area contributed by atoms with Crippen LogP contribution in [0, 0.1) is 11.3 Å². The van der Waals surface area contributed by atoms with Crippen LogP contribution in [0.5, 0.6) is 5.75 Å². The fourth-order valence-corrected chi connectivity index (χ4v) is 1.82. The molecule has 2 aromatic rings. The predicted molar refractivity (Wildman–Crippen MR) is 74.0 cm³/mol. The van der Waals surface area contributed by atoms with Crippen molar-refractivity contribution in [2.45, 2.75) is 13.0 Å². The van der Waals surface area contributed by atoms with E-state index in [1.165, 1.54) is 0 Å². The fourth-order valence-electron chi connectivity index (χ4n) is 1.82. The number of nitriles is 1. The molecule has 1 unspecified atom stereocenters. The molecule has 1 aromatic heterocycles. The molecule has 0 aliphatic heterocycles. The van der Waals surface area contributed by atoms with Crippen LogP contribution in [0.25, 0.3) is 0 Å². The second-order valence-electron chi connectivity index (χ2n) is 4.15. The number of hydrogen-bond acceptors (Lipinski definition) is 4. The molecule has 0 aliphatic carbocycles. The summed E-state index contributed by atoms with van der Waals surface area (Å²) < 4.78 is 5.29. The van der Waals surface area contributed by atoms with Gasteiger partial charge in [0.1, 0.15) is 5.75 Å². The number of methoxy groups -OCH3 is 1. The molecule has 0 bridgehead atoms. The molecule has 0 spiro atoms. The minimum Gasteiger partial charge on any atom is -0.495 e. The van der Waals surface area contributed by atoms with Gasteiger partial charge in [0.05, 0.1) is 36.2 Å². The third-order valence-electron chi connectivity index (χ3n) is 2.83. The van der Waals surface area contributed by atoms with Crippen molar-refractivity contribution >= 4 is 5.69 Å². The third-order valence-corrected chi connectivity index (χ3v) is 2.83. The SMILES string of the molecule is COc1cc(C#N)ccc1NC(C)c1ccccn1. The highest BCUT2D eigenvalue weighted by atomic mass is 16.5. The van der Waals surface area contributed by atoms with Crippen LogP contribution in [0.15, 0.2) is 42.6 Å². The van der Waals surface area contributed by atoms with Gasteiger partial charge < -0.3 is 10.1 Å². The smallest absolute Gasteiger partial charge is 0.143 e. The molecule has 0 radical (unpaired) electrons. The number of ether oxygens (including phenoxy) is 1. The van der Waals surface area contributed by atoms with Crippen LogP contribution in [0.3, 0.4) is 0 Å². The quantitative estimate of drug-likeness (QED) is 0.909. The molecule has 0 fully saturated rings. The number of anilines is 1. The van der Waals surface area contributed by atoms with Gasteiger partial charge in [-0.15, -0.1) is 0 Å². The maximum atomic E-state index is 8.87. The lowest BCUT2D eigenvalue weighted by Gasteiger charge is -2.17. The Morgan fingerprint density at radius 2 is 2.16 bits per heavy atom. The summed E-state index contributed by atoms with van der Waals surface area (Å²) in [4.78, 5) is 4.31. The van der Waals surface area contributed by atoms with Gasteiger partial charge in [0, 0.05) is 12.3 Å². The number of pyridine rings is 1. The van der Waals surface area contributed by atoms with E-state index in [2.05, 4.69) is 16.4 Å². The van der Waals surface area contributed by atoms with E-state index in [9.17, 15) is 0 Å². The van der Waals surface area contributed by atoms with E-state index in [4.69, 9.17) is 10.00 Å². The van der Waals surface area contributed by atoms with E-state index in [1.54, 1.807) is 25.4 Å². The lowest BCUT2D eigenvalue weighted by Crippen LogP contribution is -2.09. The number of aromatic nitrogens is 1. The first-order chi connectivity index (χ1) is 9.24. The maximum Gasteiger partial charge on any atom is 0.143 e. The zero-order chi connectivity index (χ0) is 13.7. The van der Waals surface area contributed by atoms with Crippen molar-refractivity contribution in [1.29, 1.82) is 5.26 Å². The molecular weight excluding hydrogens is 238 g/mol. The minimum absolute atomic E-state index is 0.0584. The standard InChI is InChI=1S/C15H15N3O/c1-11(13-5-3-4-8-17-13)18-14-7-6-12(10-16)9-15(14)19-2/h3-9,11,18H,1-2H3. The summed E-state index contributed by atoms with van der Waals surface area (Å²) in [5.74, 6) is 0.654. The number of benzene rings is 1. The summed E-state index contributed by atoms with van der Waals surface area (Å²) in [6, 6.07) is 13.3. The van der Waals surface area contributed by atoms with Crippen molar-refractivity contribution in [3.8, 4) is 11.8 Å². The summed E-state index contributed by atoms with van der Waals surface area (Å²) in [6.45, 7) is 2.03. The van der Waals surface area contributed by atoms with Crippen molar-refractivity contribution in [3.05, 3.63) is 53.9 Å². The average Bonchev–Trinajstić information content (AvgIpc) is 2.48. The Labute approximate surface area is 112 Å². The van der Waals surface area contributed by atoms with Gasteiger partial charge in [-0.1, -0.05) is 6.07 Å². The van der Waals surface area contributed by atoms with Crippen molar-refractivity contribution in [3.63, 3.8) is 0 Å². The molecule has 0 amide bonds. The molecule has 1 aromatic carbocycles. The largest absolute Gasteiger partial charge is 0.495 e. The molecule has 0 saturated carbocycles. The molecule has 4 heteroatoms. The van der Waals surface area contributed by atoms with Gasteiger partial charge in [-0.05, 0) is 31.2 Å². The van der Waals surface area contributed by atoms with Gasteiger partial charge in [-0.3, -0.25) is 4.98 Å². The van der Waals surface area contributed by atoms with E-state index in [0.29, 0.717) is 11.3 Å². The van der Waals surface area contributed by atoms with E-state index in [-0.39, 0.29) is 6.04 Å². The van der Waals surface area contributed by atoms with Crippen LogP contribution in [0.4, 0.5) is 5.69 Å². The highest BCUT2D eigenvalue weighted by Gasteiger charge is 2.10. The highest BCUT2D eigenvalue weighted by molar-refractivity contribution is 5.60. The first-order valence-electron chi connectivity index (χ1n) is 6.00. The van der Waals surface area contributed by atoms with Crippen LogP contribution < -0.4 is 10.1 Å². The Balaban J connectivity index is 2.22. The molecule has 4 nitrogen and oxygen atoms in total. The Bertz CT molecular complexity index is 590. The van der Waals surface area contributed by atoms with Gasteiger partial charge in [0.2, 0.25) is 0 Å². The predicted octanol–water partition coefficient (Wildman–Crippen LogP) is 3.13. The van der Waals surface area contributed by atoms with E-state index >= 15 is 0 Å². The topological polar surface area (TPSA) is 57.9 Å². The van der Waals surface area contributed by atoms with Crippen LogP contribution in [0.2, 0.25) is 0 Å². The molecule has 1 atom stereocenters. The summed E-state index contributed by atoms with van der Waals surface area (Å²) in [6.07, 6.45) is 1.77. The zero-order valence-electron chi connectivity index (χ0n) is 10.9. The number of nitrogens with one attached hydrogen (secondary N) is 1. The second-order valence-corrected chi connectivity index (χ2v) is 4.15. The van der Waals surface area contributed by atoms with Gasteiger partial charge in [-0.2, -0.15) is 5.26 Å². The Kier molecular flexibility index (Phi) is 3.99. The molecular formula is C15H15N3O. The Hall–Kier alpha value is -2.54. The zero-order valence-corrected chi connectivity index (χ0v) is 10.9. The second kappa shape index (κ2) is 5.87. The normalized spacial score (nSPS) is 11.4. The monoisotopic (exact) mass is 253 g/mol. The summed E-state index contributed by atoms with van der Waals surface area (Å²) in [7, 11) is 1.59. The Morgan fingerprint density at radius 1 is 1.32 bits per heavy atom. The van der Waals surface area contributed by atoms with Crippen LogP contribution in [-0.2, 0) is 0 Å². The van der Waals surface area contributed by atoms with Crippen molar-refractivity contribution in [2.24, 2.45) is 0 Å². The van der Waals surface area contributed by atoms with Crippen molar-refractivity contribution < 1.29 is 4.74 Å². The van der Waals surface area contributed by atoms with Gasteiger partial charge in [0.25, 0.3) is 0 Å². The lowest BCUT2D eigenvalue weighted by molar-refractivity contribution is 0.416. The van der Waals surface area contributed by atoms with Gasteiger partial charge in [0.15, 0.2) is 0 Å². The third kappa shape index (κ3) is 3.02. The molecule has 1 heterocycles. The molecule has 19 heavy (non-hydrogen) atoms. The van der Waals surface area contributed by atoms with E-state index in [0.717, 1.165) is 11.4 Å². The molecule has 1 N–H and O–H groups in total. The summed E-state index contributed by atoms with van der Waals surface area (Å²) in [5.41, 5.74) is 2.38. The van der Waals surface area contributed by atoms with Gasteiger partial charge >= 0.3 is 0 Å². The lowest BCUT2D eigenvalue weighted by atomic mass is 10.1. The summed E-state index contributed by atoms with van der Waals surface area (Å²) in [5, 5.41) is 12.2. The van der Waals surface area contributed by atoms with E-state index < -0.39 is 0 Å². The first kappa shape index (κ1) is 12.9. The minimum atomic E-state index is 0.0584. The summed E-state index contributed by atoms with van der Waals surface area (Å²) >= 11 is 0. The number of nitrogens with zero attached hydrogens (tertiary/aromatic N) is 2. The van der Waals surface area contributed by atoms with Crippen LogP contribution >= 0.6 is 0 Å². The van der Waals surface area contributed by atoms with Gasteiger partial charge in [-0.25, -0.2) is 0 Å². The van der Waals surface area contributed by atoms with Crippen LogP contribution in [0.1, 0.15) is 24.2 Å². The molecule has 0 aliphatic rings. The Morgan fingerprint density at radius 3 is 2.79 bits per heavy atom. The average molecular weight is 253 g/mol. The maximum absolute atomic E-state index is 8.87. The van der Waals surface area contributed by atoms with Crippen molar-refractivity contribution in [1.82, 2.24) is 4.98 Å². The van der Waals surface area contributed by atoms with E-state index in [1.807, 2.05) is 31.2 Å². The highest BCUT2D eigenvalue weighted by Crippen LogP contribution is 2.28. The molecule has 2 rings (SSSR count). The number of hydrogen-bond donors (Lipinski definition) is 1.